The fourth-order valence-corrected chi connectivity index (χ4v) is 2.03. The minimum atomic E-state index is -0.557. The fraction of sp³-hybridized carbons (Fsp3) is 0.385. The lowest BCUT2D eigenvalue weighted by atomic mass is 9.92. The summed E-state index contributed by atoms with van der Waals surface area (Å²) in [7, 11) is 0. The van der Waals surface area contributed by atoms with Gasteiger partial charge in [0.2, 0.25) is 0 Å². The molecule has 1 aromatic carbocycles. The largest absolute Gasteiger partial charge is 0.389 e. The average molecular weight is 224 g/mol. The Morgan fingerprint density at radius 3 is 2.81 bits per heavy atom. The Kier molecular flexibility index (Phi) is 3.34. The molecule has 1 atom stereocenters. The van der Waals surface area contributed by atoms with E-state index in [4.69, 9.17) is 0 Å². The van der Waals surface area contributed by atoms with Crippen LogP contribution in [-0.2, 0) is 6.42 Å². The van der Waals surface area contributed by atoms with E-state index < -0.39 is 17.7 Å². The molecule has 1 N–H and O–H groups in total. The van der Waals surface area contributed by atoms with Gasteiger partial charge in [0, 0.05) is 6.07 Å². The zero-order valence-corrected chi connectivity index (χ0v) is 8.92. The Morgan fingerprint density at radius 1 is 1.31 bits per heavy atom. The molecule has 0 aromatic heterocycles. The van der Waals surface area contributed by atoms with Gasteiger partial charge in [-0.25, -0.2) is 8.78 Å². The van der Waals surface area contributed by atoms with Gasteiger partial charge < -0.3 is 5.11 Å². The van der Waals surface area contributed by atoms with Gasteiger partial charge in [0.05, 0.1) is 6.10 Å². The molecule has 0 saturated carbocycles. The van der Waals surface area contributed by atoms with E-state index in [2.05, 4.69) is 0 Å². The van der Waals surface area contributed by atoms with Crippen molar-refractivity contribution in [3.8, 4) is 0 Å². The second-order valence-electron chi connectivity index (χ2n) is 4.20. The normalized spacial score (nSPS) is 20.7. The standard InChI is InChI=1S/C13H14F2O/c14-11-5-4-10(13(15)8-11)6-9-2-1-3-12(16)7-9/h4-5,7-8,12,16H,1-3,6H2. The Bertz CT molecular complexity index is 412. The van der Waals surface area contributed by atoms with Crippen molar-refractivity contribution >= 4 is 0 Å². The molecule has 0 aliphatic heterocycles. The molecule has 1 aliphatic carbocycles. The second kappa shape index (κ2) is 4.74. The van der Waals surface area contributed by atoms with E-state index in [0.717, 1.165) is 30.9 Å². The van der Waals surface area contributed by atoms with Crippen LogP contribution in [0.1, 0.15) is 24.8 Å². The smallest absolute Gasteiger partial charge is 0.129 e. The summed E-state index contributed by atoms with van der Waals surface area (Å²) in [6.45, 7) is 0. The molecule has 0 bridgehead atoms. The quantitative estimate of drug-likeness (QED) is 0.766. The molecule has 1 aromatic rings. The number of hydrogen-bond donors (Lipinski definition) is 1. The topological polar surface area (TPSA) is 20.2 Å². The molecule has 1 aliphatic rings. The molecular formula is C13H14F2O. The summed E-state index contributed by atoms with van der Waals surface area (Å²) in [6.07, 6.45) is 4.42. The minimum Gasteiger partial charge on any atom is -0.389 e. The number of rotatable bonds is 2. The van der Waals surface area contributed by atoms with Crippen molar-refractivity contribution in [3.05, 3.63) is 47.0 Å². The maximum absolute atomic E-state index is 13.4. The van der Waals surface area contributed by atoms with Gasteiger partial charge in [-0.1, -0.05) is 17.7 Å². The zero-order chi connectivity index (χ0) is 11.5. The van der Waals surface area contributed by atoms with Crippen LogP contribution in [0.2, 0.25) is 0 Å². The summed E-state index contributed by atoms with van der Waals surface area (Å²) >= 11 is 0. The van der Waals surface area contributed by atoms with Crippen LogP contribution in [0.4, 0.5) is 8.78 Å². The van der Waals surface area contributed by atoms with Gasteiger partial charge in [0.25, 0.3) is 0 Å². The van der Waals surface area contributed by atoms with Crippen molar-refractivity contribution in [1.82, 2.24) is 0 Å². The molecule has 1 nitrogen and oxygen atoms in total. The molecule has 3 heteroatoms. The van der Waals surface area contributed by atoms with Crippen LogP contribution < -0.4 is 0 Å². The van der Waals surface area contributed by atoms with Crippen LogP contribution in [0.3, 0.4) is 0 Å². The predicted molar refractivity (Wildman–Crippen MR) is 58.0 cm³/mol. The first kappa shape index (κ1) is 11.3. The summed E-state index contributed by atoms with van der Waals surface area (Å²) < 4.78 is 26.1. The Balaban J connectivity index is 2.14. The number of aliphatic hydroxyl groups excluding tert-OH is 1. The van der Waals surface area contributed by atoms with Gasteiger partial charge in [0.1, 0.15) is 11.6 Å². The number of halogens is 2. The van der Waals surface area contributed by atoms with Crippen molar-refractivity contribution in [3.63, 3.8) is 0 Å². The average Bonchev–Trinajstić information content (AvgIpc) is 2.22. The maximum Gasteiger partial charge on any atom is 0.129 e. The highest BCUT2D eigenvalue weighted by atomic mass is 19.1. The minimum absolute atomic E-state index is 0.410. The zero-order valence-electron chi connectivity index (χ0n) is 8.92. The van der Waals surface area contributed by atoms with Crippen molar-refractivity contribution < 1.29 is 13.9 Å². The highest BCUT2D eigenvalue weighted by molar-refractivity contribution is 5.25. The van der Waals surface area contributed by atoms with E-state index in [9.17, 15) is 13.9 Å². The van der Waals surface area contributed by atoms with Crippen molar-refractivity contribution in [1.29, 1.82) is 0 Å². The van der Waals surface area contributed by atoms with Crippen molar-refractivity contribution in [2.24, 2.45) is 0 Å². The number of hydrogen-bond acceptors (Lipinski definition) is 1. The van der Waals surface area contributed by atoms with E-state index >= 15 is 0 Å². The lowest BCUT2D eigenvalue weighted by molar-refractivity contribution is 0.201. The van der Waals surface area contributed by atoms with E-state index in [1.54, 1.807) is 6.08 Å². The summed E-state index contributed by atoms with van der Waals surface area (Å²) in [5.74, 6) is -1.07. The van der Waals surface area contributed by atoms with Gasteiger partial charge in [-0.05, 0) is 37.3 Å². The van der Waals surface area contributed by atoms with Gasteiger partial charge in [-0.2, -0.15) is 0 Å². The molecule has 0 saturated heterocycles. The highest BCUT2D eigenvalue weighted by Gasteiger charge is 2.13. The van der Waals surface area contributed by atoms with E-state index in [1.807, 2.05) is 0 Å². The summed E-state index contributed by atoms with van der Waals surface area (Å²) in [4.78, 5) is 0. The Hall–Kier alpha value is -1.22. The SMILES string of the molecule is OC1C=C(Cc2ccc(F)cc2F)CCC1. The van der Waals surface area contributed by atoms with Gasteiger partial charge in [-0.15, -0.1) is 0 Å². The third-order valence-corrected chi connectivity index (χ3v) is 2.86. The molecule has 0 heterocycles. The molecular weight excluding hydrogens is 210 g/mol. The molecule has 0 fully saturated rings. The monoisotopic (exact) mass is 224 g/mol. The third kappa shape index (κ3) is 2.67. The number of aliphatic hydroxyl groups is 1. The van der Waals surface area contributed by atoms with E-state index in [-0.39, 0.29) is 0 Å². The van der Waals surface area contributed by atoms with Crippen LogP contribution in [0.5, 0.6) is 0 Å². The first-order chi connectivity index (χ1) is 7.65. The third-order valence-electron chi connectivity index (χ3n) is 2.86. The molecule has 1 unspecified atom stereocenters. The highest BCUT2D eigenvalue weighted by Crippen LogP contribution is 2.23. The van der Waals surface area contributed by atoms with Crippen molar-refractivity contribution in [2.45, 2.75) is 31.8 Å². The molecule has 16 heavy (non-hydrogen) atoms. The van der Waals surface area contributed by atoms with Gasteiger partial charge >= 0.3 is 0 Å². The first-order valence-corrected chi connectivity index (χ1v) is 5.47. The summed E-state index contributed by atoms with van der Waals surface area (Å²) in [5, 5.41) is 9.44. The summed E-state index contributed by atoms with van der Waals surface area (Å²) in [5.41, 5.74) is 1.52. The second-order valence-corrected chi connectivity index (χ2v) is 4.20. The Morgan fingerprint density at radius 2 is 2.12 bits per heavy atom. The van der Waals surface area contributed by atoms with Gasteiger partial charge in [-0.3, -0.25) is 0 Å². The molecule has 0 amide bonds. The first-order valence-electron chi connectivity index (χ1n) is 5.47. The maximum atomic E-state index is 13.4. The molecule has 86 valence electrons. The lowest BCUT2D eigenvalue weighted by Gasteiger charge is -2.17. The van der Waals surface area contributed by atoms with Crippen LogP contribution >= 0.6 is 0 Å². The summed E-state index contributed by atoms with van der Waals surface area (Å²) in [6, 6.07) is 3.62. The molecule has 0 radical (unpaired) electrons. The number of allylic oxidation sites excluding steroid dienone is 1. The van der Waals surface area contributed by atoms with Crippen LogP contribution in [0.15, 0.2) is 29.8 Å². The van der Waals surface area contributed by atoms with E-state index in [0.29, 0.717) is 12.0 Å². The lowest BCUT2D eigenvalue weighted by Crippen LogP contribution is -2.10. The fourth-order valence-electron chi connectivity index (χ4n) is 2.03. The Labute approximate surface area is 93.4 Å². The van der Waals surface area contributed by atoms with Crippen LogP contribution in [-0.4, -0.2) is 11.2 Å². The van der Waals surface area contributed by atoms with Crippen LogP contribution in [0, 0.1) is 11.6 Å². The van der Waals surface area contributed by atoms with E-state index in [1.165, 1.54) is 12.1 Å². The van der Waals surface area contributed by atoms with Gasteiger partial charge in [0.15, 0.2) is 0 Å². The molecule has 2 rings (SSSR count). The molecule has 0 spiro atoms. The number of benzene rings is 1. The van der Waals surface area contributed by atoms with Crippen LogP contribution in [0.25, 0.3) is 0 Å². The van der Waals surface area contributed by atoms with Crippen molar-refractivity contribution in [2.75, 3.05) is 0 Å². The predicted octanol–water partition coefficient (Wildman–Crippen LogP) is 2.98.